The van der Waals surface area contributed by atoms with Crippen LogP contribution in [-0.4, -0.2) is 43.6 Å². The van der Waals surface area contributed by atoms with E-state index < -0.39 is 5.60 Å². The minimum atomic E-state index is -0.977. The summed E-state index contributed by atoms with van der Waals surface area (Å²) in [6, 6.07) is 0. The first-order valence-electron chi connectivity index (χ1n) is 6.22. The Kier molecular flexibility index (Phi) is 2.70. The number of nitrogens with one attached hydrogen (secondary N) is 1. The van der Waals surface area contributed by atoms with Crippen LogP contribution < -0.4 is 4.90 Å². The number of H-pyrrole nitrogens is 1. The van der Waals surface area contributed by atoms with E-state index >= 15 is 0 Å². The second kappa shape index (κ2) is 4.27. The van der Waals surface area contributed by atoms with Crippen molar-refractivity contribution in [2.24, 2.45) is 0 Å². The van der Waals surface area contributed by atoms with E-state index in [9.17, 15) is 5.11 Å². The lowest BCUT2D eigenvalue weighted by atomic mass is 10.0. The van der Waals surface area contributed by atoms with Gasteiger partial charge in [-0.3, -0.25) is 0 Å². The van der Waals surface area contributed by atoms with Crippen LogP contribution in [0.4, 0.5) is 5.95 Å². The number of rotatable bonds is 2. The van der Waals surface area contributed by atoms with Gasteiger partial charge in [-0.25, -0.2) is 9.97 Å². The number of nitrogens with zero attached hydrogens (tertiary/aromatic N) is 5. The Morgan fingerprint density at radius 2 is 2.21 bits per heavy atom. The average molecular weight is 260 g/mol. The number of aromatic amines is 1. The summed E-state index contributed by atoms with van der Waals surface area (Å²) in [4.78, 5) is 10.8. The average Bonchev–Trinajstić information content (AvgIpc) is 3.02. The first-order valence-corrected chi connectivity index (χ1v) is 6.22. The monoisotopic (exact) mass is 260 g/mol. The molecule has 7 heteroatoms. The summed E-state index contributed by atoms with van der Waals surface area (Å²) in [5.41, 5.74) is 1.62. The SMILES string of the molecule is Cc1cnc(N2CC[C@](O)(c3cn[nH]n3)C2)nc1C. The lowest BCUT2D eigenvalue weighted by molar-refractivity contribution is 0.0559. The van der Waals surface area contributed by atoms with E-state index in [0.29, 0.717) is 31.2 Å². The van der Waals surface area contributed by atoms with Crippen molar-refractivity contribution in [2.75, 3.05) is 18.0 Å². The van der Waals surface area contributed by atoms with Crippen LogP contribution in [0.25, 0.3) is 0 Å². The molecule has 7 nitrogen and oxygen atoms in total. The molecule has 0 spiro atoms. The topological polar surface area (TPSA) is 90.8 Å². The predicted molar refractivity (Wildman–Crippen MR) is 68.6 cm³/mol. The Bertz CT molecular complexity index is 584. The van der Waals surface area contributed by atoms with Crippen molar-refractivity contribution in [3.63, 3.8) is 0 Å². The van der Waals surface area contributed by atoms with Gasteiger partial charge in [0.15, 0.2) is 0 Å². The molecule has 1 saturated heterocycles. The zero-order valence-electron chi connectivity index (χ0n) is 11.0. The van der Waals surface area contributed by atoms with Gasteiger partial charge in [0.25, 0.3) is 0 Å². The fourth-order valence-electron chi connectivity index (χ4n) is 2.27. The molecular weight excluding hydrogens is 244 g/mol. The number of hydrogen-bond donors (Lipinski definition) is 2. The highest BCUT2D eigenvalue weighted by Gasteiger charge is 2.40. The summed E-state index contributed by atoms with van der Waals surface area (Å²) in [6.45, 7) is 5.07. The summed E-state index contributed by atoms with van der Waals surface area (Å²) < 4.78 is 0. The molecule has 0 amide bonds. The fraction of sp³-hybridized carbons (Fsp3) is 0.500. The Balaban J connectivity index is 1.84. The lowest BCUT2D eigenvalue weighted by Crippen LogP contribution is -2.32. The van der Waals surface area contributed by atoms with Crippen molar-refractivity contribution in [3.05, 3.63) is 29.3 Å². The molecule has 1 aliphatic heterocycles. The zero-order chi connectivity index (χ0) is 13.5. The largest absolute Gasteiger partial charge is 0.381 e. The number of anilines is 1. The maximum Gasteiger partial charge on any atom is 0.225 e. The van der Waals surface area contributed by atoms with Gasteiger partial charge in [-0.1, -0.05) is 0 Å². The van der Waals surface area contributed by atoms with Crippen molar-refractivity contribution in [2.45, 2.75) is 25.9 Å². The molecule has 0 radical (unpaired) electrons. The molecule has 0 aliphatic carbocycles. The van der Waals surface area contributed by atoms with E-state index in [-0.39, 0.29) is 0 Å². The molecule has 3 heterocycles. The second-order valence-electron chi connectivity index (χ2n) is 5.00. The third kappa shape index (κ3) is 2.06. The van der Waals surface area contributed by atoms with Gasteiger partial charge >= 0.3 is 0 Å². The summed E-state index contributed by atoms with van der Waals surface area (Å²) in [5.74, 6) is 0.655. The second-order valence-corrected chi connectivity index (χ2v) is 5.00. The van der Waals surface area contributed by atoms with Crippen molar-refractivity contribution in [1.29, 1.82) is 0 Å². The van der Waals surface area contributed by atoms with E-state index in [4.69, 9.17) is 0 Å². The fourth-order valence-corrected chi connectivity index (χ4v) is 2.27. The molecule has 1 fully saturated rings. The molecule has 0 aromatic carbocycles. The minimum absolute atomic E-state index is 0.433. The zero-order valence-corrected chi connectivity index (χ0v) is 11.0. The summed E-state index contributed by atoms with van der Waals surface area (Å²) in [5, 5.41) is 20.8. The van der Waals surface area contributed by atoms with E-state index in [1.807, 2.05) is 24.9 Å². The highest BCUT2D eigenvalue weighted by atomic mass is 16.3. The van der Waals surface area contributed by atoms with Crippen LogP contribution in [0.2, 0.25) is 0 Å². The molecule has 0 unspecified atom stereocenters. The van der Waals surface area contributed by atoms with Crippen molar-refractivity contribution >= 4 is 5.95 Å². The summed E-state index contributed by atoms with van der Waals surface area (Å²) in [6.07, 6.45) is 3.96. The van der Waals surface area contributed by atoms with Gasteiger partial charge in [0, 0.05) is 24.9 Å². The molecule has 0 bridgehead atoms. The van der Waals surface area contributed by atoms with Crippen LogP contribution >= 0.6 is 0 Å². The Morgan fingerprint density at radius 3 is 2.89 bits per heavy atom. The van der Waals surface area contributed by atoms with Gasteiger partial charge in [-0.2, -0.15) is 15.4 Å². The highest BCUT2D eigenvalue weighted by Crippen LogP contribution is 2.31. The standard InChI is InChI=1S/C12H16N6O/c1-8-5-13-11(15-9(8)2)18-4-3-12(19,7-18)10-6-14-17-16-10/h5-6,19H,3-4,7H2,1-2H3,(H,14,16,17)/t12-/m1/s1. The Morgan fingerprint density at radius 1 is 1.37 bits per heavy atom. The smallest absolute Gasteiger partial charge is 0.225 e. The van der Waals surface area contributed by atoms with Crippen LogP contribution in [-0.2, 0) is 5.60 Å². The maximum absolute atomic E-state index is 10.6. The van der Waals surface area contributed by atoms with E-state index in [2.05, 4.69) is 25.4 Å². The molecule has 19 heavy (non-hydrogen) atoms. The molecule has 100 valence electrons. The van der Waals surface area contributed by atoms with Crippen LogP contribution in [0.3, 0.4) is 0 Å². The van der Waals surface area contributed by atoms with Crippen LogP contribution in [0.5, 0.6) is 0 Å². The van der Waals surface area contributed by atoms with Gasteiger partial charge in [0.1, 0.15) is 11.3 Å². The van der Waals surface area contributed by atoms with E-state index in [0.717, 1.165) is 11.3 Å². The van der Waals surface area contributed by atoms with Gasteiger partial charge in [-0.15, -0.1) is 0 Å². The van der Waals surface area contributed by atoms with Gasteiger partial charge in [-0.05, 0) is 19.4 Å². The number of aromatic nitrogens is 5. The molecule has 3 rings (SSSR count). The van der Waals surface area contributed by atoms with Crippen LogP contribution in [0.15, 0.2) is 12.4 Å². The third-order valence-electron chi connectivity index (χ3n) is 3.63. The van der Waals surface area contributed by atoms with E-state index in [1.54, 1.807) is 6.20 Å². The number of aryl methyl sites for hydroxylation is 2. The molecule has 0 saturated carbocycles. The molecule has 2 aromatic heterocycles. The highest BCUT2D eigenvalue weighted by molar-refractivity contribution is 5.36. The number of aliphatic hydroxyl groups is 1. The first-order chi connectivity index (χ1) is 9.08. The number of hydrogen-bond acceptors (Lipinski definition) is 6. The summed E-state index contributed by atoms with van der Waals surface area (Å²) >= 11 is 0. The molecular formula is C12H16N6O. The molecule has 2 aromatic rings. The summed E-state index contributed by atoms with van der Waals surface area (Å²) in [7, 11) is 0. The van der Waals surface area contributed by atoms with Gasteiger partial charge in [0.05, 0.1) is 12.7 Å². The normalized spacial score (nSPS) is 23.0. The van der Waals surface area contributed by atoms with Crippen LogP contribution in [0, 0.1) is 13.8 Å². The minimum Gasteiger partial charge on any atom is -0.381 e. The Hall–Kier alpha value is -2.02. The van der Waals surface area contributed by atoms with Crippen molar-refractivity contribution < 1.29 is 5.11 Å². The molecule has 2 N–H and O–H groups in total. The van der Waals surface area contributed by atoms with Crippen molar-refractivity contribution in [1.82, 2.24) is 25.4 Å². The van der Waals surface area contributed by atoms with Crippen LogP contribution in [0.1, 0.15) is 23.4 Å². The van der Waals surface area contributed by atoms with Gasteiger partial charge in [0.2, 0.25) is 5.95 Å². The van der Waals surface area contributed by atoms with Crippen molar-refractivity contribution in [3.8, 4) is 0 Å². The number of β-amino-alcohol motifs (C(OH)–C–C–N with tert-alkyl or cyclic N) is 1. The quantitative estimate of drug-likeness (QED) is 0.807. The maximum atomic E-state index is 10.6. The lowest BCUT2D eigenvalue weighted by Gasteiger charge is -2.21. The van der Waals surface area contributed by atoms with Gasteiger partial charge < -0.3 is 10.0 Å². The molecule has 1 atom stereocenters. The van der Waals surface area contributed by atoms with E-state index in [1.165, 1.54) is 0 Å². The first kappa shape index (κ1) is 12.0. The Labute approximate surface area is 110 Å². The third-order valence-corrected chi connectivity index (χ3v) is 3.63. The predicted octanol–water partition coefficient (Wildman–Crippen LogP) is 0.309. The molecule has 1 aliphatic rings.